The van der Waals surface area contributed by atoms with Crippen LogP contribution >= 0.6 is 23.5 Å². The standard InChI is InChI=1S/C16H22O4S2/c1-3-19-15(17)11-21-9-13-5-7-14(8-6-13)10-22-12-16(18)20-4-2/h5-8H,3-4,9-12H2,1-2H3. The lowest BCUT2D eigenvalue weighted by Gasteiger charge is -2.05. The summed E-state index contributed by atoms with van der Waals surface area (Å²) in [6, 6.07) is 8.22. The van der Waals surface area contributed by atoms with Crippen LogP contribution in [0, 0.1) is 0 Å². The Bertz CT molecular complexity index is 417. The Morgan fingerprint density at radius 1 is 0.818 bits per heavy atom. The van der Waals surface area contributed by atoms with Gasteiger partial charge in [-0.05, 0) is 25.0 Å². The topological polar surface area (TPSA) is 52.6 Å². The fourth-order valence-electron chi connectivity index (χ4n) is 1.64. The highest BCUT2D eigenvalue weighted by atomic mass is 32.2. The zero-order valence-corrected chi connectivity index (χ0v) is 14.6. The van der Waals surface area contributed by atoms with E-state index in [4.69, 9.17) is 9.47 Å². The first-order valence-electron chi connectivity index (χ1n) is 7.20. The molecule has 122 valence electrons. The zero-order chi connectivity index (χ0) is 16.2. The molecule has 0 saturated heterocycles. The molecule has 0 saturated carbocycles. The molecule has 0 amide bonds. The SMILES string of the molecule is CCOC(=O)CSCc1ccc(CSCC(=O)OCC)cc1. The summed E-state index contributed by atoms with van der Waals surface area (Å²) in [6.45, 7) is 4.47. The van der Waals surface area contributed by atoms with Crippen LogP contribution in [-0.2, 0) is 30.6 Å². The fourth-order valence-corrected chi connectivity index (χ4v) is 3.20. The number of thioether (sulfide) groups is 2. The molecule has 0 aliphatic rings. The Balaban J connectivity index is 2.25. The van der Waals surface area contributed by atoms with E-state index in [2.05, 4.69) is 24.3 Å². The molecule has 0 aromatic heterocycles. The normalized spacial score (nSPS) is 10.3. The van der Waals surface area contributed by atoms with E-state index in [1.54, 1.807) is 37.4 Å². The van der Waals surface area contributed by atoms with E-state index in [9.17, 15) is 9.59 Å². The number of hydrogen-bond acceptors (Lipinski definition) is 6. The first kappa shape index (κ1) is 18.9. The maximum atomic E-state index is 11.2. The molecule has 1 rings (SSSR count). The summed E-state index contributed by atoms with van der Waals surface area (Å²) in [5.74, 6) is 2.00. The number of hydrogen-bond donors (Lipinski definition) is 0. The largest absolute Gasteiger partial charge is 0.465 e. The molecule has 4 nitrogen and oxygen atoms in total. The quantitative estimate of drug-likeness (QED) is 0.608. The second-order valence-corrected chi connectivity index (χ2v) is 6.38. The first-order chi connectivity index (χ1) is 10.7. The molecule has 0 fully saturated rings. The number of esters is 2. The van der Waals surface area contributed by atoms with Crippen molar-refractivity contribution >= 4 is 35.5 Å². The van der Waals surface area contributed by atoms with E-state index in [0.29, 0.717) is 24.7 Å². The van der Waals surface area contributed by atoms with Crippen LogP contribution in [0.5, 0.6) is 0 Å². The lowest BCUT2D eigenvalue weighted by atomic mass is 10.2. The summed E-state index contributed by atoms with van der Waals surface area (Å²) >= 11 is 3.09. The number of rotatable bonds is 10. The molecule has 0 bridgehead atoms. The van der Waals surface area contributed by atoms with Gasteiger partial charge in [0.25, 0.3) is 0 Å². The van der Waals surface area contributed by atoms with E-state index >= 15 is 0 Å². The van der Waals surface area contributed by atoms with E-state index in [-0.39, 0.29) is 11.9 Å². The average Bonchev–Trinajstić information content (AvgIpc) is 2.49. The molecule has 22 heavy (non-hydrogen) atoms. The Morgan fingerprint density at radius 2 is 1.18 bits per heavy atom. The van der Waals surface area contributed by atoms with Crippen LogP contribution in [0.3, 0.4) is 0 Å². The summed E-state index contributed by atoms with van der Waals surface area (Å²) in [7, 11) is 0. The number of benzene rings is 1. The van der Waals surface area contributed by atoms with Crippen LogP contribution in [0.25, 0.3) is 0 Å². The first-order valence-corrected chi connectivity index (χ1v) is 9.51. The van der Waals surface area contributed by atoms with Crippen LogP contribution in [0.4, 0.5) is 0 Å². The number of carbonyl (C=O) groups is 2. The van der Waals surface area contributed by atoms with Gasteiger partial charge in [0.2, 0.25) is 0 Å². The Labute approximate surface area is 140 Å². The van der Waals surface area contributed by atoms with Crippen molar-refractivity contribution in [3.05, 3.63) is 35.4 Å². The van der Waals surface area contributed by atoms with Crippen molar-refractivity contribution in [3.8, 4) is 0 Å². The lowest BCUT2D eigenvalue weighted by Crippen LogP contribution is -2.06. The second kappa shape index (κ2) is 11.4. The molecular weight excluding hydrogens is 320 g/mol. The van der Waals surface area contributed by atoms with Crippen molar-refractivity contribution in [2.24, 2.45) is 0 Å². The maximum absolute atomic E-state index is 11.2. The van der Waals surface area contributed by atoms with Crippen LogP contribution in [0.15, 0.2) is 24.3 Å². The molecule has 6 heteroatoms. The minimum absolute atomic E-state index is 0.167. The molecule has 0 aliphatic heterocycles. The monoisotopic (exact) mass is 342 g/mol. The summed E-state index contributed by atoms with van der Waals surface area (Å²) in [5, 5.41) is 0. The number of carbonyl (C=O) groups excluding carboxylic acids is 2. The summed E-state index contributed by atoms with van der Waals surface area (Å²) in [4.78, 5) is 22.4. The predicted molar refractivity (Wildman–Crippen MR) is 92.0 cm³/mol. The van der Waals surface area contributed by atoms with Crippen LogP contribution in [0.2, 0.25) is 0 Å². The predicted octanol–water partition coefficient (Wildman–Crippen LogP) is 3.28. The van der Waals surface area contributed by atoms with Crippen molar-refractivity contribution < 1.29 is 19.1 Å². The summed E-state index contributed by atoms with van der Waals surface area (Å²) < 4.78 is 9.76. The van der Waals surface area contributed by atoms with Gasteiger partial charge in [-0.25, -0.2) is 0 Å². The molecule has 0 heterocycles. The molecule has 0 unspecified atom stereocenters. The van der Waals surface area contributed by atoms with Gasteiger partial charge in [0.1, 0.15) is 0 Å². The minimum atomic E-state index is -0.167. The molecule has 1 aromatic carbocycles. The fraction of sp³-hybridized carbons (Fsp3) is 0.500. The highest BCUT2D eigenvalue weighted by Crippen LogP contribution is 2.17. The third kappa shape index (κ3) is 8.34. The molecule has 0 radical (unpaired) electrons. The van der Waals surface area contributed by atoms with Gasteiger partial charge in [-0.1, -0.05) is 24.3 Å². The van der Waals surface area contributed by atoms with Crippen LogP contribution in [0.1, 0.15) is 25.0 Å². The van der Waals surface area contributed by atoms with Crippen molar-refractivity contribution in [2.75, 3.05) is 24.7 Å². The van der Waals surface area contributed by atoms with Gasteiger partial charge in [0.15, 0.2) is 0 Å². The van der Waals surface area contributed by atoms with E-state index in [1.807, 2.05) is 0 Å². The van der Waals surface area contributed by atoms with Gasteiger partial charge in [0.05, 0.1) is 24.7 Å². The third-order valence-electron chi connectivity index (χ3n) is 2.61. The molecular formula is C16H22O4S2. The molecule has 0 aliphatic carbocycles. The van der Waals surface area contributed by atoms with E-state index in [0.717, 1.165) is 11.5 Å². The van der Waals surface area contributed by atoms with Gasteiger partial charge in [-0.3, -0.25) is 9.59 Å². The lowest BCUT2D eigenvalue weighted by molar-refractivity contribution is -0.140. The van der Waals surface area contributed by atoms with Gasteiger partial charge >= 0.3 is 11.9 Å². The molecule has 1 aromatic rings. The van der Waals surface area contributed by atoms with Gasteiger partial charge in [0, 0.05) is 11.5 Å². The average molecular weight is 342 g/mol. The maximum Gasteiger partial charge on any atom is 0.315 e. The molecule has 0 spiro atoms. The Hall–Kier alpha value is -1.14. The van der Waals surface area contributed by atoms with Crippen molar-refractivity contribution in [2.45, 2.75) is 25.4 Å². The smallest absolute Gasteiger partial charge is 0.315 e. The summed E-state index contributed by atoms with van der Waals surface area (Å²) in [6.07, 6.45) is 0. The minimum Gasteiger partial charge on any atom is -0.465 e. The van der Waals surface area contributed by atoms with Gasteiger partial charge in [-0.15, -0.1) is 23.5 Å². The van der Waals surface area contributed by atoms with E-state index in [1.165, 1.54) is 11.1 Å². The third-order valence-corrected chi connectivity index (χ3v) is 4.57. The highest BCUT2D eigenvalue weighted by Gasteiger charge is 2.04. The Kier molecular flexibility index (Phi) is 9.82. The van der Waals surface area contributed by atoms with Gasteiger partial charge < -0.3 is 9.47 Å². The van der Waals surface area contributed by atoms with Crippen molar-refractivity contribution in [1.82, 2.24) is 0 Å². The van der Waals surface area contributed by atoms with Crippen molar-refractivity contribution in [3.63, 3.8) is 0 Å². The summed E-state index contributed by atoms with van der Waals surface area (Å²) in [5.41, 5.74) is 2.35. The molecule has 0 N–H and O–H groups in total. The zero-order valence-electron chi connectivity index (χ0n) is 13.0. The van der Waals surface area contributed by atoms with Crippen LogP contribution < -0.4 is 0 Å². The van der Waals surface area contributed by atoms with Crippen molar-refractivity contribution in [1.29, 1.82) is 0 Å². The van der Waals surface area contributed by atoms with E-state index < -0.39 is 0 Å². The van der Waals surface area contributed by atoms with Gasteiger partial charge in [-0.2, -0.15) is 0 Å². The molecule has 0 atom stereocenters. The number of ether oxygens (including phenoxy) is 2. The second-order valence-electron chi connectivity index (χ2n) is 4.41. The highest BCUT2D eigenvalue weighted by molar-refractivity contribution is 7.99. The Morgan fingerprint density at radius 3 is 1.50 bits per heavy atom. The van der Waals surface area contributed by atoms with Crippen LogP contribution in [-0.4, -0.2) is 36.7 Å².